The predicted molar refractivity (Wildman–Crippen MR) is 99.1 cm³/mol. The van der Waals surface area contributed by atoms with Crippen LogP contribution in [0, 0.1) is 28.4 Å². The fourth-order valence-corrected chi connectivity index (χ4v) is 2.94. The van der Waals surface area contributed by atoms with Crippen LogP contribution >= 0.6 is 11.6 Å². The summed E-state index contributed by atoms with van der Waals surface area (Å²) < 4.78 is 0. The van der Waals surface area contributed by atoms with E-state index in [0.29, 0.717) is 16.6 Å². The Bertz CT molecular complexity index is 1120. The lowest BCUT2D eigenvalue weighted by molar-refractivity contribution is -0.384. The number of aryl methyl sites for hydroxylation is 1. The number of fused-ring (bicyclic) bond motifs is 1. The highest BCUT2D eigenvalue weighted by Gasteiger charge is 2.20. The lowest BCUT2D eigenvalue weighted by Gasteiger charge is -2.02. The number of hydrogen-bond acceptors (Lipinski definition) is 4. The number of aromatic amines is 1. The van der Waals surface area contributed by atoms with Crippen molar-refractivity contribution in [2.24, 2.45) is 0 Å². The van der Waals surface area contributed by atoms with Crippen molar-refractivity contribution in [1.29, 1.82) is 5.26 Å². The van der Waals surface area contributed by atoms with Crippen LogP contribution in [0.4, 0.5) is 5.69 Å². The van der Waals surface area contributed by atoms with Gasteiger partial charge in [0.25, 0.3) is 5.69 Å². The number of para-hydroxylation sites is 1. The molecule has 26 heavy (non-hydrogen) atoms. The summed E-state index contributed by atoms with van der Waals surface area (Å²) in [7, 11) is 0. The Hall–Kier alpha value is -3.43. The van der Waals surface area contributed by atoms with Gasteiger partial charge in [-0.25, -0.2) is 0 Å². The van der Waals surface area contributed by atoms with Gasteiger partial charge in [0.05, 0.1) is 10.5 Å². The van der Waals surface area contributed by atoms with Crippen molar-refractivity contribution in [2.45, 2.75) is 6.92 Å². The summed E-state index contributed by atoms with van der Waals surface area (Å²) in [5.74, 6) is -0.468. The molecule has 0 fully saturated rings. The maximum atomic E-state index is 12.9. The van der Waals surface area contributed by atoms with E-state index in [-0.39, 0.29) is 21.8 Å². The highest BCUT2D eigenvalue weighted by Crippen LogP contribution is 2.28. The minimum absolute atomic E-state index is 0.153. The summed E-state index contributed by atoms with van der Waals surface area (Å²) in [5.41, 5.74) is 1.74. The molecule has 3 rings (SSSR count). The summed E-state index contributed by atoms with van der Waals surface area (Å²) in [6.07, 6.45) is 1.28. The third-order valence-electron chi connectivity index (χ3n) is 3.98. The Morgan fingerprint density at radius 2 is 2.04 bits per heavy atom. The topological polar surface area (TPSA) is 99.8 Å². The molecule has 1 heterocycles. The van der Waals surface area contributed by atoms with Crippen LogP contribution in [0.15, 0.2) is 48.0 Å². The molecule has 0 spiro atoms. The monoisotopic (exact) mass is 365 g/mol. The van der Waals surface area contributed by atoms with Crippen LogP contribution in [-0.4, -0.2) is 15.7 Å². The van der Waals surface area contributed by atoms with Crippen molar-refractivity contribution < 1.29 is 9.72 Å². The Kier molecular flexibility index (Phi) is 4.57. The molecule has 0 aliphatic carbocycles. The maximum absolute atomic E-state index is 12.9. The van der Waals surface area contributed by atoms with Crippen LogP contribution in [0.1, 0.15) is 21.6 Å². The average Bonchev–Trinajstić information content (AvgIpc) is 2.95. The van der Waals surface area contributed by atoms with Gasteiger partial charge in [-0.1, -0.05) is 29.8 Å². The number of aromatic nitrogens is 1. The Morgan fingerprint density at radius 3 is 2.73 bits per heavy atom. The van der Waals surface area contributed by atoms with Crippen LogP contribution in [0.25, 0.3) is 17.0 Å². The number of rotatable bonds is 4. The van der Waals surface area contributed by atoms with Crippen molar-refractivity contribution in [3.05, 3.63) is 80.0 Å². The molecular formula is C19H12ClN3O3. The SMILES string of the molecule is Cc1[nH]c2ccccc2c1C(=O)/C(C#N)=C/c1cc([N+](=O)[O-])ccc1Cl. The van der Waals surface area contributed by atoms with Crippen LogP contribution < -0.4 is 0 Å². The second kappa shape index (κ2) is 6.82. The van der Waals surface area contributed by atoms with E-state index < -0.39 is 10.7 Å². The van der Waals surface area contributed by atoms with Crippen LogP contribution in [0.2, 0.25) is 5.02 Å². The fraction of sp³-hybridized carbons (Fsp3) is 0.0526. The zero-order valence-electron chi connectivity index (χ0n) is 13.6. The van der Waals surface area contributed by atoms with E-state index in [1.807, 2.05) is 18.2 Å². The molecule has 0 saturated carbocycles. The molecule has 128 valence electrons. The van der Waals surface area contributed by atoms with Crippen molar-refractivity contribution in [3.63, 3.8) is 0 Å². The number of carbonyl (C=O) groups is 1. The number of Topliss-reactive ketones (excluding diaryl/α,β-unsaturated/α-hetero) is 1. The van der Waals surface area contributed by atoms with E-state index in [1.165, 1.54) is 24.3 Å². The molecule has 0 atom stereocenters. The van der Waals surface area contributed by atoms with Crippen LogP contribution in [0.3, 0.4) is 0 Å². The first kappa shape index (κ1) is 17.4. The predicted octanol–water partition coefficient (Wildman–Crippen LogP) is 4.83. The minimum atomic E-state index is -0.564. The summed E-state index contributed by atoms with van der Waals surface area (Å²) in [6, 6.07) is 13.0. The minimum Gasteiger partial charge on any atom is -0.358 e. The zero-order chi connectivity index (χ0) is 18.8. The molecule has 0 radical (unpaired) electrons. The largest absolute Gasteiger partial charge is 0.358 e. The summed E-state index contributed by atoms with van der Waals surface area (Å²) in [6.45, 7) is 1.75. The molecule has 1 aromatic heterocycles. The van der Waals surface area contributed by atoms with E-state index in [9.17, 15) is 20.2 Å². The second-order valence-corrected chi connectivity index (χ2v) is 6.04. The molecule has 2 aromatic carbocycles. The first-order valence-corrected chi connectivity index (χ1v) is 7.98. The van der Waals surface area contributed by atoms with Crippen molar-refractivity contribution in [2.75, 3.05) is 0 Å². The van der Waals surface area contributed by atoms with Crippen LogP contribution in [-0.2, 0) is 0 Å². The molecule has 0 unspecified atom stereocenters. The summed E-state index contributed by atoms with van der Waals surface area (Å²) >= 11 is 6.06. The third-order valence-corrected chi connectivity index (χ3v) is 4.32. The average molecular weight is 366 g/mol. The maximum Gasteiger partial charge on any atom is 0.270 e. The molecule has 7 heteroatoms. The Labute approximate surface area is 153 Å². The molecule has 0 amide bonds. The normalized spacial score (nSPS) is 11.3. The van der Waals surface area contributed by atoms with Gasteiger partial charge in [-0.05, 0) is 25.1 Å². The number of allylic oxidation sites excluding steroid dienone is 1. The quantitative estimate of drug-likeness (QED) is 0.235. The van der Waals surface area contributed by atoms with Gasteiger partial charge in [-0.2, -0.15) is 5.26 Å². The van der Waals surface area contributed by atoms with Crippen molar-refractivity contribution >= 4 is 40.1 Å². The van der Waals surface area contributed by atoms with Gasteiger partial charge in [0.15, 0.2) is 0 Å². The number of nitro benzene ring substituents is 1. The van der Waals surface area contributed by atoms with E-state index in [4.69, 9.17) is 11.6 Å². The lowest BCUT2D eigenvalue weighted by atomic mass is 9.99. The molecule has 0 aliphatic rings. The van der Waals surface area contributed by atoms with Crippen molar-refractivity contribution in [3.8, 4) is 6.07 Å². The van der Waals surface area contributed by atoms with Gasteiger partial charge in [0, 0.05) is 39.3 Å². The van der Waals surface area contributed by atoms with E-state index >= 15 is 0 Å². The van der Waals surface area contributed by atoms with Gasteiger partial charge in [-0.3, -0.25) is 14.9 Å². The molecule has 0 saturated heterocycles. The first-order chi connectivity index (χ1) is 12.4. The number of carbonyl (C=O) groups excluding carboxylic acids is 1. The highest BCUT2D eigenvalue weighted by molar-refractivity contribution is 6.32. The second-order valence-electron chi connectivity index (χ2n) is 5.63. The standard InChI is InChI=1S/C19H12ClN3O3/c1-11-18(15-4-2-3-5-17(15)22-11)19(24)13(10-21)8-12-9-14(23(25)26)6-7-16(12)20/h2-9,22H,1H3/b13-8+. The molecule has 6 nitrogen and oxygen atoms in total. The lowest BCUT2D eigenvalue weighted by Crippen LogP contribution is -2.03. The van der Waals surface area contributed by atoms with Gasteiger partial charge >= 0.3 is 0 Å². The summed E-state index contributed by atoms with van der Waals surface area (Å²) in [4.78, 5) is 26.4. The van der Waals surface area contributed by atoms with Gasteiger partial charge in [-0.15, -0.1) is 0 Å². The number of H-pyrrole nitrogens is 1. The molecule has 0 bridgehead atoms. The van der Waals surface area contributed by atoms with E-state index in [1.54, 1.807) is 19.1 Å². The molecule has 3 aromatic rings. The number of non-ortho nitro benzene ring substituents is 1. The number of benzene rings is 2. The molecule has 1 N–H and O–H groups in total. The Balaban J connectivity index is 2.12. The number of nitro groups is 1. The number of ketones is 1. The number of nitrogens with zero attached hydrogens (tertiary/aromatic N) is 2. The fourth-order valence-electron chi connectivity index (χ4n) is 2.76. The molecule has 0 aliphatic heterocycles. The molecular weight excluding hydrogens is 354 g/mol. The number of nitrogens with one attached hydrogen (secondary N) is 1. The van der Waals surface area contributed by atoms with Crippen molar-refractivity contribution in [1.82, 2.24) is 4.98 Å². The third kappa shape index (κ3) is 3.08. The summed E-state index contributed by atoms with van der Waals surface area (Å²) in [5, 5.41) is 21.3. The van der Waals surface area contributed by atoms with E-state index in [0.717, 1.165) is 5.52 Å². The first-order valence-electron chi connectivity index (χ1n) is 7.60. The zero-order valence-corrected chi connectivity index (χ0v) is 14.4. The number of hydrogen-bond donors (Lipinski definition) is 1. The van der Waals surface area contributed by atoms with E-state index in [2.05, 4.69) is 4.98 Å². The number of halogens is 1. The van der Waals surface area contributed by atoms with Gasteiger partial charge in [0.2, 0.25) is 5.78 Å². The smallest absolute Gasteiger partial charge is 0.270 e. The highest BCUT2D eigenvalue weighted by atomic mass is 35.5. The number of nitriles is 1. The van der Waals surface area contributed by atoms with Gasteiger partial charge < -0.3 is 4.98 Å². The van der Waals surface area contributed by atoms with Gasteiger partial charge in [0.1, 0.15) is 11.6 Å². The van der Waals surface area contributed by atoms with Crippen LogP contribution in [0.5, 0.6) is 0 Å². The Morgan fingerprint density at radius 1 is 1.31 bits per heavy atom.